The normalized spacial score (nSPS) is 12.3. The number of fused-ring (bicyclic) bond motifs is 12. The zero-order valence-electron chi connectivity index (χ0n) is 38.2. The highest BCUT2D eigenvalue weighted by Crippen LogP contribution is 2.38. The van der Waals surface area contributed by atoms with E-state index in [1.54, 1.807) is 0 Å². The Hall–Kier alpha value is -7.71. The quantitative estimate of drug-likeness (QED) is 0.0809. The fraction of sp³-hybridized carbons (Fsp3) is 0. The Balaban J connectivity index is 1.14. The van der Waals surface area contributed by atoms with Crippen molar-refractivity contribution in [2.45, 2.75) is 0 Å². The Kier molecular flexibility index (Phi) is 9.72. The highest BCUT2D eigenvalue weighted by atomic mass is 32.1. The van der Waals surface area contributed by atoms with Crippen LogP contribution < -0.4 is 41.5 Å². The van der Waals surface area contributed by atoms with Gasteiger partial charge in [0.05, 0.1) is 0 Å². The maximum absolute atomic E-state index is 3.03. The Morgan fingerprint density at radius 1 is 0.200 bits per heavy atom. The molecule has 0 fully saturated rings. The summed E-state index contributed by atoms with van der Waals surface area (Å²) >= 11 is 3.90. The van der Waals surface area contributed by atoms with Gasteiger partial charge in [0.1, 0.15) is 0 Å². The molecule has 0 N–H and O–H groups in total. The van der Waals surface area contributed by atoms with Crippen LogP contribution in [0.1, 0.15) is 0 Å². The number of hydrogen-bond donors (Lipinski definition) is 0. The van der Waals surface area contributed by atoms with Crippen molar-refractivity contribution in [1.29, 1.82) is 0 Å². The second kappa shape index (κ2) is 16.5. The Morgan fingerprint density at radius 2 is 0.500 bits per heavy atom. The number of thiophene rings is 2. The molecule has 0 aliphatic rings. The molecule has 0 saturated heterocycles. The number of benzene rings is 12. The lowest BCUT2D eigenvalue weighted by molar-refractivity contribution is 1.69. The van der Waals surface area contributed by atoms with Gasteiger partial charge < -0.3 is 0 Å². The molecule has 4 heteroatoms. The highest BCUT2D eigenvalue weighted by Gasteiger charge is 2.45. The van der Waals surface area contributed by atoms with Crippen LogP contribution in [0.3, 0.4) is 0 Å². The predicted molar refractivity (Wildman–Crippen MR) is 312 cm³/mol. The van der Waals surface area contributed by atoms with Crippen molar-refractivity contribution >= 4 is 153 Å². The van der Waals surface area contributed by atoms with E-state index >= 15 is 0 Å². The van der Waals surface area contributed by atoms with Crippen molar-refractivity contribution in [3.05, 3.63) is 267 Å². The average Bonchev–Trinajstić information content (AvgIpc) is 4.03. The second-order valence-corrected chi connectivity index (χ2v) is 28.2. The van der Waals surface area contributed by atoms with E-state index in [0.29, 0.717) is 0 Å². The molecule has 0 nitrogen and oxygen atoms in total. The third-order valence-corrected chi connectivity index (χ3v) is 27.5. The minimum atomic E-state index is -3.03. The van der Waals surface area contributed by atoms with E-state index in [2.05, 4.69) is 267 Å². The Labute approximate surface area is 417 Å². The molecule has 328 valence electrons. The molecule has 0 aliphatic carbocycles. The lowest BCUT2D eigenvalue weighted by atomic mass is 9.94. The van der Waals surface area contributed by atoms with Crippen LogP contribution in [0.15, 0.2) is 267 Å². The monoisotopic (exact) mass is 956 g/mol. The van der Waals surface area contributed by atoms with E-state index in [9.17, 15) is 0 Å². The van der Waals surface area contributed by atoms with Gasteiger partial charge in [-0.05, 0) is 85.9 Å². The first-order valence-corrected chi connectivity index (χ1v) is 29.8. The minimum absolute atomic E-state index is 1.28. The predicted octanol–water partition coefficient (Wildman–Crippen LogP) is 12.6. The average molecular weight is 957 g/mol. The van der Waals surface area contributed by atoms with Gasteiger partial charge in [-0.2, -0.15) is 0 Å². The van der Waals surface area contributed by atoms with Crippen LogP contribution in [0.25, 0.3) is 72.7 Å². The van der Waals surface area contributed by atoms with Gasteiger partial charge in [-0.25, -0.2) is 0 Å². The maximum atomic E-state index is 2.63. The minimum Gasteiger partial charge on any atom is -0.135 e. The molecule has 0 bridgehead atoms. The molecular weight excluding hydrogens is 913 g/mol. The highest BCUT2D eigenvalue weighted by molar-refractivity contribution is 7.31. The molecule has 0 atom stereocenters. The van der Waals surface area contributed by atoms with Gasteiger partial charge in [0.2, 0.25) is 0 Å². The van der Waals surface area contributed by atoms with E-state index in [4.69, 9.17) is 0 Å². The topological polar surface area (TPSA) is 0 Å². The van der Waals surface area contributed by atoms with Crippen molar-refractivity contribution in [2.75, 3.05) is 0 Å². The maximum Gasteiger partial charge on any atom is 0.181 e. The summed E-state index contributed by atoms with van der Waals surface area (Å²) < 4.78 is 5.41. The van der Waals surface area contributed by atoms with E-state index < -0.39 is 16.1 Å². The molecule has 0 unspecified atom stereocenters. The van der Waals surface area contributed by atoms with Crippen LogP contribution in [-0.2, 0) is 0 Å². The summed E-state index contributed by atoms with van der Waals surface area (Å²) in [6, 6.07) is 102. The molecule has 0 radical (unpaired) electrons. The van der Waals surface area contributed by atoms with Gasteiger partial charge in [-0.1, -0.05) is 255 Å². The summed E-state index contributed by atoms with van der Waals surface area (Å²) in [5, 5.41) is 24.2. The SMILES string of the molecule is c1ccc([Si](c2ccccc2)(c2ccc3c4ccccc4c4ccc([Si](c5ccccc5)(c5ccccc5)c5cccc6c5sc5ccccc56)cc4c3c2)c2cccc3c2sc2ccccc23)cc1. The van der Waals surface area contributed by atoms with Crippen LogP contribution in [0.2, 0.25) is 0 Å². The third kappa shape index (κ3) is 6.04. The molecule has 12 aromatic carbocycles. The summed E-state index contributed by atoms with van der Waals surface area (Å²) in [6.45, 7) is 0. The van der Waals surface area contributed by atoms with Crippen molar-refractivity contribution < 1.29 is 0 Å². The molecule has 0 amide bonds. The second-order valence-electron chi connectivity index (χ2n) is 18.6. The number of hydrogen-bond acceptors (Lipinski definition) is 2. The summed E-state index contributed by atoms with van der Waals surface area (Å²) in [7, 11) is -6.07. The molecule has 14 rings (SSSR count). The summed E-state index contributed by atoms with van der Waals surface area (Å²) in [4.78, 5) is 0. The van der Waals surface area contributed by atoms with Gasteiger partial charge >= 0.3 is 0 Å². The van der Waals surface area contributed by atoms with Crippen molar-refractivity contribution in [2.24, 2.45) is 0 Å². The van der Waals surface area contributed by atoms with Crippen LogP contribution in [0.5, 0.6) is 0 Å². The molecule has 0 spiro atoms. The molecule has 2 aromatic heterocycles. The van der Waals surface area contributed by atoms with Gasteiger partial charge in [-0.15, -0.1) is 22.7 Å². The van der Waals surface area contributed by atoms with Crippen LogP contribution in [-0.4, -0.2) is 16.1 Å². The lowest BCUT2D eigenvalue weighted by Gasteiger charge is -2.35. The van der Waals surface area contributed by atoms with Gasteiger partial charge in [0.25, 0.3) is 0 Å². The van der Waals surface area contributed by atoms with Crippen molar-refractivity contribution in [3.63, 3.8) is 0 Å². The number of rotatable bonds is 8. The Bertz CT molecular complexity index is 3930. The van der Waals surface area contributed by atoms with E-state index in [-0.39, 0.29) is 0 Å². The van der Waals surface area contributed by atoms with Gasteiger partial charge in [-0.3, -0.25) is 0 Å². The summed E-state index contributed by atoms with van der Waals surface area (Å²) in [5.74, 6) is 0. The van der Waals surface area contributed by atoms with Crippen LogP contribution in [0, 0.1) is 0 Å². The van der Waals surface area contributed by atoms with E-state index in [1.807, 2.05) is 22.7 Å². The summed E-state index contributed by atoms with van der Waals surface area (Å²) in [5.41, 5.74) is 0. The molecule has 70 heavy (non-hydrogen) atoms. The van der Waals surface area contributed by atoms with Crippen molar-refractivity contribution in [1.82, 2.24) is 0 Å². The zero-order valence-corrected chi connectivity index (χ0v) is 41.9. The van der Waals surface area contributed by atoms with E-state index in [0.717, 1.165) is 0 Å². The van der Waals surface area contributed by atoms with Gasteiger partial charge in [0, 0.05) is 40.3 Å². The molecule has 14 aromatic rings. The molecule has 0 aliphatic heterocycles. The smallest absolute Gasteiger partial charge is 0.135 e. The largest absolute Gasteiger partial charge is 0.181 e. The first-order valence-electron chi connectivity index (χ1n) is 24.2. The van der Waals surface area contributed by atoms with Gasteiger partial charge in [0.15, 0.2) is 16.1 Å². The fourth-order valence-corrected chi connectivity index (χ4v) is 25.3. The fourth-order valence-electron chi connectivity index (χ4n) is 12.2. The molecule has 2 heterocycles. The molecular formula is C66H44S2Si2. The first-order chi connectivity index (χ1) is 34.7. The van der Waals surface area contributed by atoms with Crippen molar-refractivity contribution in [3.8, 4) is 0 Å². The van der Waals surface area contributed by atoms with E-state index in [1.165, 1.54) is 114 Å². The van der Waals surface area contributed by atoms with Crippen LogP contribution >= 0.6 is 22.7 Å². The standard InChI is InChI=1S/C66H44S2Si2/c1-5-21-45(22-6-1)69(46-23-7-2-8-24-46,63-37-19-33-57-55-31-15-17-35-61(55)67-65(57)63)49-39-41-53-51-29-13-14-30-52(51)54-42-40-50(44-60(54)59(53)43-49)70(47-25-9-3-10-26-47,48-27-11-4-12-28-48)64-38-20-34-58-56-32-16-18-36-62(56)68-66(58)64/h1-44H. The lowest BCUT2D eigenvalue weighted by Crippen LogP contribution is -2.74. The third-order valence-electron chi connectivity index (χ3n) is 15.1. The van der Waals surface area contributed by atoms with Crippen LogP contribution in [0.4, 0.5) is 0 Å². The molecule has 0 saturated carbocycles. The Morgan fingerprint density at radius 3 is 0.871 bits per heavy atom. The zero-order chi connectivity index (χ0) is 46.2. The summed E-state index contributed by atoms with van der Waals surface area (Å²) in [6.07, 6.45) is 0. The first kappa shape index (κ1) is 41.3.